The lowest BCUT2D eigenvalue weighted by atomic mass is 10.2. The summed E-state index contributed by atoms with van der Waals surface area (Å²) in [4.78, 5) is 2.49. The molecular weight excluding hydrogens is 274 g/mol. The lowest BCUT2D eigenvalue weighted by Crippen LogP contribution is -2.18. The summed E-state index contributed by atoms with van der Waals surface area (Å²) in [5.41, 5.74) is 2.44. The smallest absolute Gasteiger partial charge is 0.161 e. The van der Waals surface area contributed by atoms with Crippen LogP contribution in [0.15, 0.2) is 48.5 Å². The third-order valence-electron chi connectivity index (χ3n) is 4.07. The van der Waals surface area contributed by atoms with Gasteiger partial charge in [0.15, 0.2) is 11.5 Å². The van der Waals surface area contributed by atoms with Gasteiger partial charge in [-0.25, -0.2) is 0 Å². The predicted octanol–water partition coefficient (Wildman–Crippen LogP) is 3.87. The molecule has 22 heavy (non-hydrogen) atoms. The van der Waals surface area contributed by atoms with Crippen LogP contribution in [0.1, 0.15) is 24.0 Å². The van der Waals surface area contributed by atoms with Crippen molar-refractivity contribution in [2.45, 2.75) is 26.0 Å². The van der Waals surface area contributed by atoms with Gasteiger partial charge in [-0.05, 0) is 49.2 Å². The third kappa shape index (κ3) is 3.80. The van der Waals surface area contributed by atoms with Crippen LogP contribution in [0.3, 0.4) is 0 Å². The molecule has 3 rings (SSSR count). The van der Waals surface area contributed by atoms with Crippen LogP contribution in [-0.4, -0.2) is 25.1 Å². The molecule has 0 aromatic heterocycles. The number of methoxy groups -OCH3 is 1. The zero-order valence-electron chi connectivity index (χ0n) is 13.1. The molecule has 0 aliphatic carbocycles. The number of hydrogen-bond donors (Lipinski definition) is 0. The quantitative estimate of drug-likeness (QED) is 0.808. The lowest BCUT2D eigenvalue weighted by Gasteiger charge is -2.16. The van der Waals surface area contributed by atoms with Crippen molar-refractivity contribution in [3.63, 3.8) is 0 Å². The Labute approximate surface area is 132 Å². The van der Waals surface area contributed by atoms with Crippen LogP contribution in [0.2, 0.25) is 0 Å². The van der Waals surface area contributed by atoms with Gasteiger partial charge < -0.3 is 9.47 Å². The second kappa shape index (κ2) is 7.32. The molecule has 0 unspecified atom stereocenters. The normalized spacial score (nSPS) is 15.0. The van der Waals surface area contributed by atoms with E-state index in [0.29, 0.717) is 6.61 Å². The van der Waals surface area contributed by atoms with Crippen molar-refractivity contribution in [3.8, 4) is 11.5 Å². The van der Waals surface area contributed by atoms with Crippen LogP contribution in [0.5, 0.6) is 11.5 Å². The number of hydrogen-bond acceptors (Lipinski definition) is 3. The number of ether oxygens (including phenoxy) is 2. The van der Waals surface area contributed by atoms with Gasteiger partial charge in [0.2, 0.25) is 0 Å². The highest BCUT2D eigenvalue weighted by Crippen LogP contribution is 2.29. The number of rotatable bonds is 6. The van der Waals surface area contributed by atoms with Crippen LogP contribution in [0.25, 0.3) is 0 Å². The molecule has 1 fully saturated rings. The van der Waals surface area contributed by atoms with Gasteiger partial charge in [-0.2, -0.15) is 0 Å². The Balaban J connectivity index is 1.66. The molecule has 0 spiro atoms. The summed E-state index contributed by atoms with van der Waals surface area (Å²) in [5, 5.41) is 0. The van der Waals surface area contributed by atoms with E-state index in [1.165, 1.54) is 31.5 Å². The average molecular weight is 297 g/mol. The van der Waals surface area contributed by atoms with Crippen molar-refractivity contribution in [3.05, 3.63) is 59.7 Å². The van der Waals surface area contributed by atoms with E-state index >= 15 is 0 Å². The largest absolute Gasteiger partial charge is 0.493 e. The first kappa shape index (κ1) is 14.9. The fourth-order valence-corrected chi connectivity index (χ4v) is 2.86. The molecule has 2 aromatic carbocycles. The highest BCUT2D eigenvalue weighted by Gasteiger charge is 2.13. The van der Waals surface area contributed by atoms with E-state index in [4.69, 9.17) is 9.47 Å². The zero-order chi connectivity index (χ0) is 15.2. The second-order valence-corrected chi connectivity index (χ2v) is 5.74. The van der Waals surface area contributed by atoms with E-state index in [2.05, 4.69) is 29.2 Å². The second-order valence-electron chi connectivity index (χ2n) is 5.74. The summed E-state index contributed by atoms with van der Waals surface area (Å²) in [6.07, 6.45) is 2.63. The lowest BCUT2D eigenvalue weighted by molar-refractivity contribution is 0.283. The molecule has 0 atom stereocenters. The molecule has 1 heterocycles. The molecule has 3 nitrogen and oxygen atoms in total. The molecule has 0 N–H and O–H groups in total. The van der Waals surface area contributed by atoms with Crippen LogP contribution in [0, 0.1) is 0 Å². The highest BCUT2D eigenvalue weighted by molar-refractivity contribution is 5.43. The molecule has 1 saturated heterocycles. The molecule has 3 heteroatoms. The van der Waals surface area contributed by atoms with Crippen molar-refractivity contribution in [1.82, 2.24) is 4.90 Å². The molecule has 1 aliphatic heterocycles. The summed E-state index contributed by atoms with van der Waals surface area (Å²) in [5.74, 6) is 1.61. The van der Waals surface area contributed by atoms with Gasteiger partial charge in [0.05, 0.1) is 7.11 Å². The van der Waals surface area contributed by atoms with Gasteiger partial charge >= 0.3 is 0 Å². The predicted molar refractivity (Wildman–Crippen MR) is 88.3 cm³/mol. The van der Waals surface area contributed by atoms with Crippen molar-refractivity contribution < 1.29 is 9.47 Å². The summed E-state index contributed by atoms with van der Waals surface area (Å²) in [6, 6.07) is 16.4. The van der Waals surface area contributed by atoms with Gasteiger partial charge in [-0.3, -0.25) is 4.90 Å². The first-order valence-corrected chi connectivity index (χ1v) is 7.91. The summed E-state index contributed by atoms with van der Waals surface area (Å²) in [7, 11) is 1.70. The Morgan fingerprint density at radius 3 is 2.41 bits per heavy atom. The van der Waals surface area contributed by atoms with Gasteiger partial charge in [-0.1, -0.05) is 36.4 Å². The Hall–Kier alpha value is -2.00. The van der Waals surface area contributed by atoms with E-state index in [1.807, 2.05) is 24.3 Å². The van der Waals surface area contributed by atoms with Gasteiger partial charge in [0.25, 0.3) is 0 Å². The fourth-order valence-electron chi connectivity index (χ4n) is 2.86. The minimum absolute atomic E-state index is 0.558. The van der Waals surface area contributed by atoms with E-state index in [9.17, 15) is 0 Å². The molecule has 0 saturated carbocycles. The SMILES string of the molecule is COc1cc(CN2CCCC2)ccc1OCc1ccccc1. The number of nitrogens with zero attached hydrogens (tertiary/aromatic N) is 1. The minimum atomic E-state index is 0.558. The Morgan fingerprint density at radius 1 is 0.909 bits per heavy atom. The Bertz CT molecular complexity index is 592. The topological polar surface area (TPSA) is 21.7 Å². The van der Waals surface area contributed by atoms with Crippen molar-refractivity contribution in [2.24, 2.45) is 0 Å². The minimum Gasteiger partial charge on any atom is -0.493 e. The first-order valence-electron chi connectivity index (χ1n) is 7.91. The number of likely N-dealkylation sites (tertiary alicyclic amines) is 1. The van der Waals surface area contributed by atoms with Crippen molar-refractivity contribution in [1.29, 1.82) is 0 Å². The molecule has 0 amide bonds. The maximum Gasteiger partial charge on any atom is 0.161 e. The summed E-state index contributed by atoms with van der Waals surface area (Å²) >= 11 is 0. The van der Waals surface area contributed by atoms with E-state index in [1.54, 1.807) is 7.11 Å². The van der Waals surface area contributed by atoms with Crippen LogP contribution < -0.4 is 9.47 Å². The third-order valence-corrected chi connectivity index (χ3v) is 4.07. The molecule has 0 radical (unpaired) electrons. The maximum absolute atomic E-state index is 5.90. The molecule has 1 aliphatic rings. The number of benzene rings is 2. The highest BCUT2D eigenvalue weighted by atomic mass is 16.5. The zero-order valence-corrected chi connectivity index (χ0v) is 13.1. The van der Waals surface area contributed by atoms with Crippen LogP contribution >= 0.6 is 0 Å². The first-order chi connectivity index (χ1) is 10.8. The van der Waals surface area contributed by atoms with E-state index in [0.717, 1.165) is 23.6 Å². The Kier molecular flexibility index (Phi) is 4.96. The van der Waals surface area contributed by atoms with Crippen LogP contribution in [0.4, 0.5) is 0 Å². The van der Waals surface area contributed by atoms with Gasteiger partial charge in [0.1, 0.15) is 6.61 Å². The van der Waals surface area contributed by atoms with Crippen LogP contribution in [-0.2, 0) is 13.2 Å². The van der Waals surface area contributed by atoms with Crippen molar-refractivity contribution >= 4 is 0 Å². The average Bonchev–Trinajstić information content (AvgIpc) is 3.07. The fraction of sp³-hybridized carbons (Fsp3) is 0.368. The van der Waals surface area contributed by atoms with E-state index < -0.39 is 0 Å². The molecule has 116 valence electrons. The summed E-state index contributed by atoms with van der Waals surface area (Å²) in [6.45, 7) is 3.96. The maximum atomic E-state index is 5.90. The van der Waals surface area contributed by atoms with Gasteiger partial charge in [-0.15, -0.1) is 0 Å². The Morgan fingerprint density at radius 2 is 1.68 bits per heavy atom. The molecule has 2 aromatic rings. The van der Waals surface area contributed by atoms with E-state index in [-0.39, 0.29) is 0 Å². The van der Waals surface area contributed by atoms with Gasteiger partial charge in [0, 0.05) is 6.54 Å². The molecule has 0 bridgehead atoms. The monoisotopic (exact) mass is 297 g/mol. The molecular formula is C19H23NO2. The summed E-state index contributed by atoms with van der Waals surface area (Å²) < 4.78 is 11.4. The standard InChI is InChI=1S/C19H23NO2/c1-21-19-13-17(14-20-11-5-6-12-20)9-10-18(19)22-15-16-7-3-2-4-8-16/h2-4,7-10,13H,5-6,11-12,14-15H2,1H3. The van der Waals surface area contributed by atoms with Crippen molar-refractivity contribution in [2.75, 3.05) is 20.2 Å².